The van der Waals surface area contributed by atoms with Gasteiger partial charge in [-0.3, -0.25) is 0 Å². The van der Waals surface area contributed by atoms with Crippen LogP contribution in [0.25, 0.3) is 33.7 Å². The van der Waals surface area contributed by atoms with Gasteiger partial charge in [-0.1, -0.05) is 158 Å². The fraction of sp³-hybridized carbons (Fsp3) is 0.314. The summed E-state index contributed by atoms with van der Waals surface area (Å²) < 4.78 is 9.41. The number of anilines is 5. The van der Waals surface area contributed by atoms with Gasteiger partial charge in [0.05, 0.1) is 0 Å². The number of fused-ring (bicyclic) bond motifs is 7. The first-order valence-corrected chi connectivity index (χ1v) is 28.3. The number of allylic oxidation sites excluding steroid dienone is 3. The maximum Gasteiger partial charge on any atom is 0.316 e. The molecule has 0 saturated heterocycles. The maximum atomic E-state index is 7.07. The normalized spacial score (nSPS) is 22.2. The van der Waals surface area contributed by atoms with E-state index in [1.54, 1.807) is 5.47 Å². The van der Waals surface area contributed by atoms with Crippen LogP contribution in [0.15, 0.2) is 163 Å². The van der Waals surface area contributed by atoms with Crippen LogP contribution in [-0.4, -0.2) is 16.4 Å². The molecule has 4 fully saturated rings. The molecule has 0 N–H and O–H groups in total. The number of aromatic nitrogens is 2. The van der Waals surface area contributed by atoms with Crippen molar-refractivity contribution in [1.29, 1.82) is 0 Å². The van der Waals surface area contributed by atoms with Crippen LogP contribution in [0, 0.1) is 42.5 Å². The molecular formula is C70H69BN5OPt-3. The predicted octanol–water partition coefficient (Wildman–Crippen LogP) is 17.6. The molecule has 6 aromatic carbocycles. The Kier molecular flexibility index (Phi) is 12.1. The van der Waals surface area contributed by atoms with E-state index in [0.717, 1.165) is 56.7 Å². The van der Waals surface area contributed by atoms with Crippen LogP contribution in [0.5, 0.6) is 11.5 Å². The van der Waals surface area contributed by atoms with Crippen LogP contribution >= 0.6 is 0 Å². The summed E-state index contributed by atoms with van der Waals surface area (Å²) in [6, 6.07) is 54.4. The number of rotatable bonds is 7. The average molecular weight is 1200 g/mol. The summed E-state index contributed by atoms with van der Waals surface area (Å²) in [6.07, 6.45) is 18.2. The van der Waals surface area contributed by atoms with Gasteiger partial charge in [-0.05, 0) is 148 Å². The van der Waals surface area contributed by atoms with Crippen molar-refractivity contribution >= 4 is 63.2 Å². The molecule has 3 aliphatic heterocycles. The largest absolute Gasteiger partial charge is 0.509 e. The summed E-state index contributed by atoms with van der Waals surface area (Å²) in [7, 11) is 0. The van der Waals surface area contributed by atoms with Gasteiger partial charge in [-0.15, -0.1) is 53.6 Å². The van der Waals surface area contributed by atoms with E-state index in [4.69, 9.17) is 9.72 Å². The van der Waals surface area contributed by atoms with Gasteiger partial charge < -0.3 is 23.9 Å². The van der Waals surface area contributed by atoms with Crippen molar-refractivity contribution in [3.63, 3.8) is 0 Å². The number of benzene rings is 6. The standard InChI is InChI=1S/C70H69BN5O.Pt/c1-67(2,3)49-39-52(73-44-74(62-25-15-14-24-61(62)73)66-57(68(4,5)6)20-16-21-58(66)69(7,8)9)42-54(40-49)77-53-27-28-56-55-19-11-13-23-60(55)76(63(56)43-53)65-41-48(30-32-72-65)70(50-35-45-34-46(37-50)38-51(70)36-45)64-26-17-33-75-59-22-12-10-18-47(59)29-31-71(64)75;/h10-33,39-41,44-46,50-51H,34-38H2,1-9H3;/q-3;. The third kappa shape index (κ3) is 8.10. The van der Waals surface area contributed by atoms with Gasteiger partial charge in [-0.2, -0.15) is 6.07 Å². The minimum Gasteiger partial charge on any atom is -0.509 e. The average Bonchev–Trinajstić information content (AvgIpc) is 3.80. The van der Waals surface area contributed by atoms with Gasteiger partial charge >= 0.3 is 6.85 Å². The second-order valence-electron chi connectivity index (χ2n) is 26.3. The van der Waals surface area contributed by atoms with E-state index in [1.165, 1.54) is 71.1 Å². The molecule has 6 nitrogen and oxygen atoms in total. The Balaban J connectivity index is 0.00000579. The Labute approximate surface area is 477 Å². The molecule has 15 rings (SSSR count). The third-order valence-electron chi connectivity index (χ3n) is 18.4. The second kappa shape index (κ2) is 18.5. The summed E-state index contributed by atoms with van der Waals surface area (Å²) in [5.41, 5.74) is 15.3. The zero-order valence-electron chi connectivity index (χ0n) is 46.5. The Morgan fingerprint density at radius 3 is 2.01 bits per heavy atom. The molecule has 0 amide bonds. The van der Waals surface area contributed by atoms with Crippen molar-refractivity contribution in [2.24, 2.45) is 23.7 Å². The number of ether oxygens (including phenoxy) is 1. The first kappa shape index (κ1) is 50.9. The Morgan fingerprint density at radius 2 is 1.31 bits per heavy atom. The second-order valence-corrected chi connectivity index (χ2v) is 26.3. The van der Waals surface area contributed by atoms with Crippen molar-refractivity contribution < 1.29 is 25.8 Å². The molecule has 0 spiro atoms. The molecule has 0 atom stereocenters. The first-order chi connectivity index (χ1) is 37.0. The van der Waals surface area contributed by atoms with Gasteiger partial charge in [0.25, 0.3) is 0 Å². The summed E-state index contributed by atoms with van der Waals surface area (Å²) in [5.74, 6) is 7.46. The molecule has 8 heteroatoms. The number of para-hydroxylation sites is 5. The number of hydrogen-bond donors (Lipinski definition) is 0. The zero-order valence-corrected chi connectivity index (χ0v) is 48.8. The minimum absolute atomic E-state index is 0. The number of hydrogen-bond acceptors (Lipinski definition) is 5. The van der Waals surface area contributed by atoms with E-state index >= 15 is 0 Å². The van der Waals surface area contributed by atoms with Crippen LogP contribution in [0.4, 0.5) is 28.4 Å². The molecule has 4 bridgehead atoms. The van der Waals surface area contributed by atoms with Crippen LogP contribution < -0.4 is 19.3 Å². The fourth-order valence-electron chi connectivity index (χ4n) is 15.2. The molecule has 8 aromatic rings. The van der Waals surface area contributed by atoms with Gasteiger partial charge in [0.1, 0.15) is 5.82 Å². The van der Waals surface area contributed by atoms with E-state index in [1.807, 2.05) is 0 Å². The summed E-state index contributed by atoms with van der Waals surface area (Å²) in [6.45, 7) is 23.1. The quantitative estimate of drug-likeness (QED) is 0.117. The predicted molar refractivity (Wildman–Crippen MR) is 320 cm³/mol. The zero-order chi connectivity index (χ0) is 52.8. The Bertz CT molecular complexity index is 3730. The van der Waals surface area contributed by atoms with Crippen molar-refractivity contribution in [2.75, 3.05) is 14.6 Å². The maximum absolute atomic E-state index is 7.07. The Hall–Kier alpha value is -6.56. The van der Waals surface area contributed by atoms with Crippen molar-refractivity contribution in [3.8, 4) is 17.3 Å². The number of nitrogens with zero attached hydrogens (tertiary/aromatic N) is 5. The Morgan fingerprint density at radius 1 is 0.641 bits per heavy atom. The van der Waals surface area contributed by atoms with E-state index in [9.17, 15) is 0 Å². The van der Waals surface area contributed by atoms with Gasteiger partial charge in [0, 0.05) is 72.4 Å². The molecule has 5 heterocycles. The van der Waals surface area contributed by atoms with Gasteiger partial charge in [0.15, 0.2) is 0 Å². The molecule has 0 radical (unpaired) electrons. The van der Waals surface area contributed by atoms with E-state index < -0.39 is 0 Å². The van der Waals surface area contributed by atoms with Crippen LogP contribution in [0.3, 0.4) is 0 Å². The van der Waals surface area contributed by atoms with Crippen LogP contribution in [0.1, 0.15) is 122 Å². The van der Waals surface area contributed by atoms with Crippen molar-refractivity contribution in [2.45, 2.75) is 116 Å². The summed E-state index contributed by atoms with van der Waals surface area (Å²) >= 11 is 0. The minimum atomic E-state index is -0.176. The van der Waals surface area contributed by atoms with Crippen molar-refractivity contribution in [3.05, 3.63) is 210 Å². The monoisotopic (exact) mass is 1200 g/mol. The molecule has 4 aliphatic carbocycles. The van der Waals surface area contributed by atoms with E-state index in [2.05, 4.69) is 264 Å². The smallest absolute Gasteiger partial charge is 0.316 e. The van der Waals surface area contributed by atoms with Crippen molar-refractivity contribution in [1.82, 2.24) is 9.55 Å². The van der Waals surface area contributed by atoms with Crippen LogP contribution in [0.2, 0.25) is 0 Å². The molecular weight excluding hydrogens is 1130 g/mol. The molecule has 4 saturated carbocycles. The van der Waals surface area contributed by atoms with Gasteiger partial charge in [0.2, 0.25) is 0 Å². The molecule has 7 aliphatic rings. The summed E-state index contributed by atoms with van der Waals surface area (Å²) in [5, 5.41) is 2.29. The van der Waals surface area contributed by atoms with Gasteiger partial charge in [-0.25, -0.2) is 4.98 Å². The summed E-state index contributed by atoms with van der Waals surface area (Å²) in [4.78, 5) is 12.5. The molecule has 78 heavy (non-hydrogen) atoms. The third-order valence-corrected chi connectivity index (χ3v) is 18.4. The molecule has 396 valence electrons. The topological polar surface area (TPSA) is 36.8 Å². The van der Waals surface area contributed by atoms with E-state index in [-0.39, 0.29) is 49.6 Å². The van der Waals surface area contributed by atoms with E-state index in [0.29, 0.717) is 23.3 Å². The first-order valence-electron chi connectivity index (χ1n) is 28.3. The number of pyridine rings is 1. The molecule has 0 unspecified atom stereocenters. The molecule has 2 aromatic heterocycles. The van der Waals surface area contributed by atoms with Crippen LogP contribution in [-0.2, 0) is 42.7 Å². The SMILES string of the molecule is CC(C)(C)c1cc(Oc2[c-]c3c(cc2)c2ccccc2n3-c2cc(C3(C4=CC=CN5B4C=Cc4ccccc45)C4CC5CC(C4)CC3C5)ccn2)[c-]c(N2[CH-]N(c3c(C(C)(C)C)cccc3C(C)(C)C)c3ccccc32)c1.[Pt]. The fourth-order valence-corrected chi connectivity index (χ4v) is 15.2.